The van der Waals surface area contributed by atoms with Gasteiger partial charge in [0.05, 0.1) is 12.6 Å². The summed E-state index contributed by atoms with van der Waals surface area (Å²) in [5, 5.41) is 3.34. The molecule has 0 spiro atoms. The summed E-state index contributed by atoms with van der Waals surface area (Å²) in [5.74, 6) is 0.533. The lowest BCUT2D eigenvalue weighted by atomic mass is 9.95. The van der Waals surface area contributed by atoms with Crippen LogP contribution in [0.4, 0.5) is 0 Å². The molecule has 2 aliphatic rings. The third kappa shape index (κ3) is 3.87. The van der Waals surface area contributed by atoms with E-state index in [-0.39, 0.29) is 12.0 Å². The van der Waals surface area contributed by atoms with Gasteiger partial charge in [0.15, 0.2) is 0 Å². The molecule has 4 heteroatoms. The van der Waals surface area contributed by atoms with Gasteiger partial charge in [0.1, 0.15) is 0 Å². The van der Waals surface area contributed by atoms with Gasteiger partial charge in [0.25, 0.3) is 0 Å². The molecule has 0 bridgehead atoms. The molecule has 2 saturated heterocycles. The molecule has 2 fully saturated rings. The van der Waals surface area contributed by atoms with Crippen LogP contribution in [-0.4, -0.2) is 49.7 Å². The van der Waals surface area contributed by atoms with Crippen LogP contribution in [0.5, 0.6) is 0 Å². The van der Waals surface area contributed by atoms with Gasteiger partial charge in [-0.25, -0.2) is 0 Å². The third-order valence-electron chi connectivity index (χ3n) is 4.80. The van der Waals surface area contributed by atoms with Crippen LogP contribution in [0.3, 0.4) is 0 Å². The van der Waals surface area contributed by atoms with Gasteiger partial charge in [-0.15, -0.1) is 0 Å². The lowest BCUT2D eigenvalue weighted by Gasteiger charge is -2.33. The number of nitrogens with zero attached hydrogens (tertiary/aromatic N) is 1. The van der Waals surface area contributed by atoms with Crippen LogP contribution < -0.4 is 5.32 Å². The summed E-state index contributed by atoms with van der Waals surface area (Å²) in [5.41, 5.74) is 1.30. The van der Waals surface area contributed by atoms with Crippen LogP contribution >= 0.6 is 0 Å². The molecule has 1 N–H and O–H groups in total. The van der Waals surface area contributed by atoms with Crippen molar-refractivity contribution in [3.63, 3.8) is 0 Å². The molecular formula is C18H26N2O2. The normalized spacial score (nSPS) is 22.6. The fourth-order valence-corrected chi connectivity index (χ4v) is 3.44. The Balaban J connectivity index is 1.64. The predicted octanol–water partition coefficient (Wildman–Crippen LogP) is 1.85. The molecule has 4 nitrogen and oxygen atoms in total. The van der Waals surface area contributed by atoms with Gasteiger partial charge < -0.3 is 15.0 Å². The Morgan fingerprint density at radius 3 is 2.64 bits per heavy atom. The van der Waals surface area contributed by atoms with Gasteiger partial charge in [-0.3, -0.25) is 4.79 Å². The van der Waals surface area contributed by atoms with Gasteiger partial charge in [-0.1, -0.05) is 30.3 Å². The Hall–Kier alpha value is -1.39. The molecule has 3 rings (SSSR count). The number of ether oxygens (including phenoxy) is 1. The summed E-state index contributed by atoms with van der Waals surface area (Å²) < 4.78 is 5.52. The SMILES string of the molecule is O=C(C1CCNCC1)N(CCc1ccccc1)C1CCOC1. The summed E-state index contributed by atoms with van der Waals surface area (Å²) >= 11 is 0. The first kappa shape index (κ1) is 15.5. The molecule has 2 heterocycles. The topological polar surface area (TPSA) is 41.6 Å². The largest absolute Gasteiger partial charge is 0.379 e. The van der Waals surface area contributed by atoms with Crippen LogP contribution in [0, 0.1) is 5.92 Å². The lowest BCUT2D eigenvalue weighted by molar-refractivity contribution is -0.138. The van der Waals surface area contributed by atoms with Gasteiger partial charge in [-0.2, -0.15) is 0 Å². The molecule has 1 unspecified atom stereocenters. The molecule has 1 aromatic rings. The summed E-state index contributed by atoms with van der Waals surface area (Å²) in [6, 6.07) is 10.7. The molecule has 0 aromatic heterocycles. The number of hydrogen-bond donors (Lipinski definition) is 1. The Morgan fingerprint density at radius 2 is 1.95 bits per heavy atom. The zero-order valence-corrected chi connectivity index (χ0v) is 13.2. The van der Waals surface area contributed by atoms with Crippen molar-refractivity contribution in [3.05, 3.63) is 35.9 Å². The van der Waals surface area contributed by atoms with Crippen LogP contribution in [0.2, 0.25) is 0 Å². The number of amides is 1. The van der Waals surface area contributed by atoms with Crippen molar-refractivity contribution in [2.75, 3.05) is 32.8 Å². The highest BCUT2D eigenvalue weighted by atomic mass is 16.5. The van der Waals surface area contributed by atoms with E-state index >= 15 is 0 Å². The van der Waals surface area contributed by atoms with Crippen molar-refractivity contribution >= 4 is 5.91 Å². The summed E-state index contributed by atoms with van der Waals surface area (Å²) in [7, 11) is 0. The summed E-state index contributed by atoms with van der Waals surface area (Å²) in [6.45, 7) is 4.21. The van der Waals surface area contributed by atoms with E-state index in [0.29, 0.717) is 12.5 Å². The van der Waals surface area contributed by atoms with Crippen LogP contribution in [-0.2, 0) is 16.0 Å². The Morgan fingerprint density at radius 1 is 1.18 bits per heavy atom. The third-order valence-corrected chi connectivity index (χ3v) is 4.80. The van der Waals surface area contributed by atoms with Crippen molar-refractivity contribution in [3.8, 4) is 0 Å². The number of benzene rings is 1. The second-order valence-electron chi connectivity index (χ2n) is 6.31. The molecule has 120 valence electrons. The first-order valence-corrected chi connectivity index (χ1v) is 8.47. The minimum absolute atomic E-state index is 0.192. The molecule has 0 radical (unpaired) electrons. The molecule has 2 aliphatic heterocycles. The lowest BCUT2D eigenvalue weighted by Crippen LogP contribution is -2.47. The minimum Gasteiger partial charge on any atom is -0.379 e. The highest BCUT2D eigenvalue weighted by Gasteiger charge is 2.32. The van der Waals surface area contributed by atoms with Crippen molar-refractivity contribution in [2.24, 2.45) is 5.92 Å². The van der Waals surface area contributed by atoms with Gasteiger partial charge >= 0.3 is 0 Å². The van der Waals surface area contributed by atoms with E-state index in [1.54, 1.807) is 0 Å². The number of carbonyl (C=O) groups excluding carboxylic acids is 1. The quantitative estimate of drug-likeness (QED) is 0.902. The van der Waals surface area contributed by atoms with Crippen LogP contribution in [0.15, 0.2) is 30.3 Å². The van der Waals surface area contributed by atoms with E-state index in [9.17, 15) is 4.79 Å². The maximum Gasteiger partial charge on any atom is 0.226 e. The zero-order chi connectivity index (χ0) is 15.2. The average molecular weight is 302 g/mol. The molecule has 1 amide bonds. The Bertz CT molecular complexity index is 465. The molecular weight excluding hydrogens is 276 g/mol. The van der Waals surface area contributed by atoms with Gasteiger partial charge in [0, 0.05) is 19.1 Å². The number of piperidine rings is 1. The van der Waals surface area contributed by atoms with Crippen LogP contribution in [0.25, 0.3) is 0 Å². The zero-order valence-electron chi connectivity index (χ0n) is 13.2. The highest BCUT2D eigenvalue weighted by molar-refractivity contribution is 5.79. The van der Waals surface area contributed by atoms with E-state index in [1.165, 1.54) is 5.56 Å². The van der Waals surface area contributed by atoms with E-state index in [4.69, 9.17) is 4.74 Å². The van der Waals surface area contributed by atoms with E-state index in [1.807, 2.05) is 6.07 Å². The number of hydrogen-bond acceptors (Lipinski definition) is 3. The highest BCUT2D eigenvalue weighted by Crippen LogP contribution is 2.21. The summed E-state index contributed by atoms with van der Waals surface area (Å²) in [6.07, 6.45) is 3.84. The fraction of sp³-hybridized carbons (Fsp3) is 0.611. The Kier molecular flexibility index (Phi) is 5.46. The minimum atomic E-state index is 0.192. The molecule has 22 heavy (non-hydrogen) atoms. The first-order valence-electron chi connectivity index (χ1n) is 8.47. The number of rotatable bonds is 5. The molecule has 1 atom stereocenters. The maximum absolute atomic E-state index is 12.9. The maximum atomic E-state index is 12.9. The van der Waals surface area contributed by atoms with Gasteiger partial charge in [-0.05, 0) is 44.3 Å². The van der Waals surface area contributed by atoms with Gasteiger partial charge in [0.2, 0.25) is 5.91 Å². The fourth-order valence-electron chi connectivity index (χ4n) is 3.44. The van der Waals surface area contributed by atoms with E-state index in [2.05, 4.69) is 34.5 Å². The molecule has 0 saturated carbocycles. The second-order valence-corrected chi connectivity index (χ2v) is 6.31. The monoisotopic (exact) mass is 302 g/mol. The first-order chi connectivity index (χ1) is 10.8. The molecule has 1 aromatic carbocycles. The predicted molar refractivity (Wildman–Crippen MR) is 86.7 cm³/mol. The number of carbonyl (C=O) groups is 1. The van der Waals surface area contributed by atoms with Crippen molar-refractivity contribution in [1.29, 1.82) is 0 Å². The Labute approximate surface area is 132 Å². The smallest absolute Gasteiger partial charge is 0.226 e. The van der Waals surface area contributed by atoms with Crippen molar-refractivity contribution < 1.29 is 9.53 Å². The van der Waals surface area contributed by atoms with E-state index < -0.39 is 0 Å². The standard InChI is InChI=1S/C18H26N2O2/c21-18(16-6-10-19-11-7-16)20(17-9-13-22-14-17)12-8-15-4-2-1-3-5-15/h1-5,16-17,19H,6-14H2. The van der Waals surface area contributed by atoms with Crippen molar-refractivity contribution in [1.82, 2.24) is 10.2 Å². The van der Waals surface area contributed by atoms with Crippen molar-refractivity contribution in [2.45, 2.75) is 31.7 Å². The number of nitrogens with one attached hydrogen (secondary N) is 1. The summed E-state index contributed by atoms with van der Waals surface area (Å²) in [4.78, 5) is 15.1. The van der Waals surface area contributed by atoms with E-state index in [0.717, 1.165) is 51.9 Å². The second kappa shape index (κ2) is 7.75. The van der Waals surface area contributed by atoms with Crippen LogP contribution in [0.1, 0.15) is 24.8 Å². The molecule has 0 aliphatic carbocycles. The average Bonchev–Trinajstić information content (AvgIpc) is 3.11.